The largest absolute Gasteiger partial charge is 0.251 e. The Morgan fingerprint density at radius 2 is 1.44 bits per heavy atom. The van der Waals surface area contributed by atoms with Crippen LogP contribution in [-0.2, 0) is 0 Å². The molecule has 56 valence electrons. The molecular formula is C7H15FS. The molecule has 0 aromatic carbocycles. The summed E-state index contributed by atoms with van der Waals surface area (Å²) in [6, 6.07) is 0. The van der Waals surface area contributed by atoms with E-state index in [0.717, 1.165) is 18.6 Å². The molecule has 0 nitrogen and oxygen atoms in total. The highest BCUT2D eigenvalue weighted by molar-refractivity contribution is 7.80. The van der Waals surface area contributed by atoms with Gasteiger partial charge in [0.25, 0.3) is 0 Å². The first kappa shape index (κ1) is 9.28. The molecule has 0 aliphatic rings. The van der Waals surface area contributed by atoms with E-state index in [4.69, 9.17) is 0 Å². The van der Waals surface area contributed by atoms with Crippen molar-refractivity contribution in [1.82, 2.24) is 0 Å². The second-order valence-electron chi connectivity index (χ2n) is 2.18. The lowest BCUT2D eigenvalue weighted by molar-refractivity contribution is 0.453. The second kappa shape index (κ2) is 8.28. The van der Waals surface area contributed by atoms with E-state index in [2.05, 4.69) is 12.6 Å². The third kappa shape index (κ3) is 8.28. The Hall–Kier alpha value is 0.280. The van der Waals surface area contributed by atoms with Crippen molar-refractivity contribution in [3.8, 4) is 0 Å². The molecule has 0 rings (SSSR count). The van der Waals surface area contributed by atoms with E-state index in [1.54, 1.807) is 0 Å². The molecule has 0 N–H and O–H groups in total. The van der Waals surface area contributed by atoms with Crippen molar-refractivity contribution >= 4 is 12.6 Å². The van der Waals surface area contributed by atoms with E-state index >= 15 is 0 Å². The van der Waals surface area contributed by atoms with Gasteiger partial charge in [0, 0.05) is 0 Å². The normalized spacial score (nSPS) is 10.0. The summed E-state index contributed by atoms with van der Waals surface area (Å²) in [5.41, 5.74) is 0. The van der Waals surface area contributed by atoms with Crippen LogP contribution in [0.25, 0.3) is 0 Å². The van der Waals surface area contributed by atoms with Gasteiger partial charge in [0.1, 0.15) is 0 Å². The Morgan fingerprint density at radius 3 is 2.00 bits per heavy atom. The SMILES string of the molecule is FCCCCCCCS. The van der Waals surface area contributed by atoms with Crippen LogP contribution >= 0.6 is 12.6 Å². The zero-order valence-electron chi connectivity index (χ0n) is 5.77. The van der Waals surface area contributed by atoms with Gasteiger partial charge in [0.2, 0.25) is 0 Å². The second-order valence-corrected chi connectivity index (χ2v) is 2.63. The molecule has 0 saturated heterocycles. The first-order valence-electron chi connectivity index (χ1n) is 3.58. The molecule has 0 saturated carbocycles. The zero-order valence-corrected chi connectivity index (χ0v) is 6.67. The van der Waals surface area contributed by atoms with Crippen LogP contribution in [-0.4, -0.2) is 12.4 Å². The maximum absolute atomic E-state index is 11.5. The maximum Gasteiger partial charge on any atom is 0.0894 e. The summed E-state index contributed by atoms with van der Waals surface area (Å²) in [5, 5.41) is 0. The fourth-order valence-corrected chi connectivity index (χ4v) is 0.960. The molecule has 0 aromatic rings. The topological polar surface area (TPSA) is 0 Å². The standard InChI is InChI=1S/C7H15FS/c8-6-4-2-1-3-5-7-9/h9H,1-7H2. The van der Waals surface area contributed by atoms with E-state index < -0.39 is 0 Å². The number of hydrogen-bond acceptors (Lipinski definition) is 1. The maximum atomic E-state index is 11.5. The lowest BCUT2D eigenvalue weighted by Gasteiger charge is -1.94. The zero-order chi connectivity index (χ0) is 6.95. The Kier molecular flexibility index (Phi) is 8.54. The third-order valence-electron chi connectivity index (χ3n) is 1.29. The fourth-order valence-electron chi connectivity index (χ4n) is 0.737. The van der Waals surface area contributed by atoms with Crippen molar-refractivity contribution in [3.63, 3.8) is 0 Å². The number of unbranched alkanes of at least 4 members (excludes halogenated alkanes) is 4. The fraction of sp³-hybridized carbons (Fsp3) is 1.00. The first-order chi connectivity index (χ1) is 4.41. The molecule has 2 heteroatoms. The molecule has 0 aromatic heterocycles. The van der Waals surface area contributed by atoms with Gasteiger partial charge in [-0.1, -0.05) is 19.3 Å². The van der Waals surface area contributed by atoms with Crippen molar-refractivity contribution in [2.45, 2.75) is 32.1 Å². The Morgan fingerprint density at radius 1 is 0.889 bits per heavy atom. The van der Waals surface area contributed by atoms with Gasteiger partial charge in [0.05, 0.1) is 6.67 Å². The summed E-state index contributed by atoms with van der Waals surface area (Å²) >= 11 is 4.07. The van der Waals surface area contributed by atoms with Gasteiger partial charge < -0.3 is 0 Å². The van der Waals surface area contributed by atoms with E-state index in [1.165, 1.54) is 19.3 Å². The molecule has 9 heavy (non-hydrogen) atoms. The van der Waals surface area contributed by atoms with Crippen molar-refractivity contribution in [2.24, 2.45) is 0 Å². The highest BCUT2D eigenvalue weighted by atomic mass is 32.1. The summed E-state index contributed by atoms with van der Waals surface area (Å²) in [5.74, 6) is 0.968. The van der Waals surface area contributed by atoms with Crippen molar-refractivity contribution < 1.29 is 4.39 Å². The molecule has 0 amide bonds. The monoisotopic (exact) mass is 150 g/mol. The van der Waals surface area contributed by atoms with Crippen LogP contribution in [0.4, 0.5) is 4.39 Å². The Balaban J connectivity index is 2.60. The van der Waals surface area contributed by atoms with Crippen LogP contribution in [0.5, 0.6) is 0 Å². The van der Waals surface area contributed by atoms with Crippen molar-refractivity contribution in [2.75, 3.05) is 12.4 Å². The molecule has 0 atom stereocenters. The van der Waals surface area contributed by atoms with E-state index in [0.29, 0.717) is 0 Å². The minimum atomic E-state index is -0.152. The molecule has 0 spiro atoms. The third-order valence-corrected chi connectivity index (χ3v) is 1.61. The van der Waals surface area contributed by atoms with Crippen LogP contribution in [0.3, 0.4) is 0 Å². The van der Waals surface area contributed by atoms with Gasteiger partial charge in [0.15, 0.2) is 0 Å². The van der Waals surface area contributed by atoms with Crippen LogP contribution in [0.2, 0.25) is 0 Å². The van der Waals surface area contributed by atoms with Crippen molar-refractivity contribution in [1.29, 1.82) is 0 Å². The molecule has 0 bridgehead atoms. The molecule has 0 aliphatic heterocycles. The summed E-state index contributed by atoms with van der Waals surface area (Å²) < 4.78 is 11.5. The average Bonchev–Trinajstić information content (AvgIpc) is 1.89. The minimum absolute atomic E-state index is 0.152. The van der Waals surface area contributed by atoms with Gasteiger partial charge in [-0.3, -0.25) is 4.39 Å². The minimum Gasteiger partial charge on any atom is -0.251 e. The highest BCUT2D eigenvalue weighted by Crippen LogP contribution is 2.03. The Bertz CT molecular complexity index is 42.2. The predicted molar refractivity (Wildman–Crippen MR) is 42.9 cm³/mol. The van der Waals surface area contributed by atoms with E-state index in [-0.39, 0.29) is 6.67 Å². The molecule has 0 heterocycles. The highest BCUT2D eigenvalue weighted by Gasteiger charge is 1.87. The molecule has 0 radical (unpaired) electrons. The lowest BCUT2D eigenvalue weighted by Crippen LogP contribution is -1.80. The van der Waals surface area contributed by atoms with Gasteiger partial charge in [-0.05, 0) is 18.6 Å². The van der Waals surface area contributed by atoms with E-state index in [9.17, 15) is 4.39 Å². The predicted octanol–water partition coefficient (Wildman–Crippen LogP) is 2.84. The number of rotatable bonds is 6. The number of hydrogen-bond donors (Lipinski definition) is 1. The summed E-state index contributed by atoms with van der Waals surface area (Å²) in [6.07, 6.45) is 5.35. The van der Waals surface area contributed by atoms with Gasteiger partial charge in [-0.25, -0.2) is 0 Å². The van der Waals surface area contributed by atoms with Crippen LogP contribution in [0.15, 0.2) is 0 Å². The molecular weight excluding hydrogens is 135 g/mol. The van der Waals surface area contributed by atoms with Crippen LogP contribution < -0.4 is 0 Å². The quantitative estimate of drug-likeness (QED) is 0.437. The molecule has 0 fully saturated rings. The molecule has 0 aliphatic carbocycles. The molecule has 0 unspecified atom stereocenters. The lowest BCUT2D eigenvalue weighted by atomic mass is 10.2. The van der Waals surface area contributed by atoms with Crippen molar-refractivity contribution in [3.05, 3.63) is 0 Å². The number of thiol groups is 1. The van der Waals surface area contributed by atoms with Crippen LogP contribution in [0, 0.1) is 0 Å². The van der Waals surface area contributed by atoms with Gasteiger partial charge in [-0.15, -0.1) is 0 Å². The van der Waals surface area contributed by atoms with Gasteiger partial charge >= 0.3 is 0 Å². The summed E-state index contributed by atoms with van der Waals surface area (Å²) in [7, 11) is 0. The van der Waals surface area contributed by atoms with E-state index in [1.807, 2.05) is 0 Å². The number of halogens is 1. The Labute approximate surface area is 62.2 Å². The average molecular weight is 150 g/mol. The summed E-state index contributed by atoms with van der Waals surface area (Å²) in [4.78, 5) is 0. The smallest absolute Gasteiger partial charge is 0.0894 e. The number of alkyl halides is 1. The van der Waals surface area contributed by atoms with Crippen LogP contribution in [0.1, 0.15) is 32.1 Å². The van der Waals surface area contributed by atoms with Gasteiger partial charge in [-0.2, -0.15) is 12.6 Å². The first-order valence-corrected chi connectivity index (χ1v) is 4.22. The summed E-state index contributed by atoms with van der Waals surface area (Å²) in [6.45, 7) is -0.152.